The summed E-state index contributed by atoms with van der Waals surface area (Å²) in [5.74, 6) is 0.813. The Morgan fingerprint density at radius 1 is 1.45 bits per heavy atom. The zero-order valence-corrected chi connectivity index (χ0v) is 12.8. The highest BCUT2D eigenvalue weighted by Gasteiger charge is 2.28. The van der Waals surface area contributed by atoms with E-state index < -0.39 is 0 Å². The summed E-state index contributed by atoms with van der Waals surface area (Å²) in [5.41, 5.74) is 8.51. The molecule has 1 aromatic carbocycles. The van der Waals surface area contributed by atoms with E-state index in [1.54, 1.807) is 4.68 Å². The molecule has 2 unspecified atom stereocenters. The normalized spacial score (nSPS) is 18.7. The molecule has 0 saturated heterocycles. The number of benzene rings is 1. The summed E-state index contributed by atoms with van der Waals surface area (Å²) < 4.78 is 7.88. The minimum Gasteiger partial charge on any atom is -0.486 e. The van der Waals surface area contributed by atoms with Crippen molar-refractivity contribution < 1.29 is 9.57 Å². The van der Waals surface area contributed by atoms with Gasteiger partial charge in [0.1, 0.15) is 11.9 Å². The van der Waals surface area contributed by atoms with Gasteiger partial charge in [-0.1, -0.05) is 23.4 Å². The van der Waals surface area contributed by atoms with Crippen LogP contribution in [0.25, 0.3) is 11.1 Å². The van der Waals surface area contributed by atoms with Gasteiger partial charge in [0, 0.05) is 37.3 Å². The van der Waals surface area contributed by atoms with Crippen LogP contribution in [0.5, 0.6) is 5.75 Å². The van der Waals surface area contributed by atoms with E-state index in [2.05, 4.69) is 10.3 Å². The van der Waals surface area contributed by atoms with Crippen LogP contribution in [0, 0.1) is 0 Å². The van der Waals surface area contributed by atoms with Crippen LogP contribution < -0.4 is 10.5 Å². The van der Waals surface area contributed by atoms with Gasteiger partial charge in [0.15, 0.2) is 6.10 Å². The van der Waals surface area contributed by atoms with Crippen molar-refractivity contribution in [3.05, 3.63) is 36.7 Å². The molecule has 2 aromatic rings. The van der Waals surface area contributed by atoms with Crippen molar-refractivity contribution in [1.82, 2.24) is 9.78 Å². The Labute approximate surface area is 129 Å². The number of ether oxygens (including phenoxy) is 1. The molecule has 0 fully saturated rings. The second kappa shape index (κ2) is 6.19. The lowest BCUT2D eigenvalue weighted by Crippen LogP contribution is -2.30. The number of rotatable bonds is 5. The summed E-state index contributed by atoms with van der Waals surface area (Å²) in [4.78, 5) is 5.41. The zero-order chi connectivity index (χ0) is 15.5. The first-order chi connectivity index (χ1) is 10.7. The number of nitrogens with zero attached hydrogens (tertiary/aromatic N) is 3. The summed E-state index contributed by atoms with van der Waals surface area (Å²) in [7, 11) is 1.90. The smallest absolute Gasteiger partial charge is 0.169 e. The number of oxime groups is 1. The van der Waals surface area contributed by atoms with Gasteiger partial charge in [-0.2, -0.15) is 5.10 Å². The second-order valence-corrected chi connectivity index (χ2v) is 5.43. The maximum atomic E-state index is 6.11. The van der Waals surface area contributed by atoms with E-state index in [0.29, 0.717) is 13.0 Å². The van der Waals surface area contributed by atoms with Crippen LogP contribution in [0.1, 0.15) is 13.3 Å². The van der Waals surface area contributed by atoms with Crippen LogP contribution in [0.15, 0.2) is 41.8 Å². The molecule has 3 rings (SSSR count). The molecule has 1 aliphatic heterocycles. The molecular weight excluding hydrogens is 280 g/mol. The first-order valence-corrected chi connectivity index (χ1v) is 7.33. The highest BCUT2D eigenvalue weighted by Crippen LogP contribution is 2.31. The lowest BCUT2D eigenvalue weighted by molar-refractivity contribution is 0.00426. The van der Waals surface area contributed by atoms with Gasteiger partial charge in [0.05, 0.1) is 11.9 Å². The van der Waals surface area contributed by atoms with Crippen LogP contribution in [0.3, 0.4) is 0 Å². The number of aryl methyl sites for hydroxylation is 1. The zero-order valence-electron chi connectivity index (χ0n) is 12.8. The molecule has 0 saturated carbocycles. The average Bonchev–Trinajstić information content (AvgIpc) is 3.16. The van der Waals surface area contributed by atoms with Crippen molar-refractivity contribution >= 4 is 5.71 Å². The molecule has 1 aromatic heterocycles. The summed E-state index contributed by atoms with van der Waals surface area (Å²) >= 11 is 0. The van der Waals surface area contributed by atoms with Gasteiger partial charge in [-0.05, 0) is 13.0 Å². The fourth-order valence-electron chi connectivity index (χ4n) is 2.47. The van der Waals surface area contributed by atoms with E-state index >= 15 is 0 Å². The molecule has 0 bridgehead atoms. The van der Waals surface area contributed by atoms with E-state index in [4.69, 9.17) is 15.3 Å². The molecule has 0 radical (unpaired) electrons. The molecule has 22 heavy (non-hydrogen) atoms. The topological polar surface area (TPSA) is 74.7 Å². The van der Waals surface area contributed by atoms with Crippen LogP contribution in [-0.4, -0.2) is 34.2 Å². The molecule has 2 heterocycles. The van der Waals surface area contributed by atoms with Gasteiger partial charge >= 0.3 is 0 Å². The third kappa shape index (κ3) is 2.96. The number of aromatic nitrogens is 2. The van der Waals surface area contributed by atoms with E-state index in [1.165, 1.54) is 0 Å². The molecule has 0 amide bonds. The van der Waals surface area contributed by atoms with Gasteiger partial charge in [-0.25, -0.2) is 0 Å². The Hall–Kier alpha value is -2.34. The molecule has 2 N–H and O–H groups in total. The van der Waals surface area contributed by atoms with Crippen molar-refractivity contribution in [2.24, 2.45) is 17.9 Å². The molecular formula is C16H20N4O2. The summed E-state index contributed by atoms with van der Waals surface area (Å²) in [6.45, 7) is 2.41. The first-order valence-electron chi connectivity index (χ1n) is 7.33. The van der Waals surface area contributed by atoms with Crippen LogP contribution >= 0.6 is 0 Å². The standard InChI is InChI=1S/C16H20N4O2/c1-11(16-7-13(8-17)19-22-16)21-15-6-4-3-5-14(15)12-9-18-20(2)10-12/h3-6,9-11,16H,7-8,17H2,1-2H3. The Kier molecular flexibility index (Phi) is 4.11. The second-order valence-electron chi connectivity index (χ2n) is 5.43. The summed E-state index contributed by atoms with van der Waals surface area (Å²) in [5, 5.41) is 8.20. The fraction of sp³-hybridized carbons (Fsp3) is 0.375. The fourth-order valence-corrected chi connectivity index (χ4v) is 2.47. The van der Waals surface area contributed by atoms with Gasteiger partial charge in [0.2, 0.25) is 0 Å². The van der Waals surface area contributed by atoms with E-state index in [-0.39, 0.29) is 12.2 Å². The lowest BCUT2D eigenvalue weighted by atomic mass is 10.1. The third-order valence-corrected chi connectivity index (χ3v) is 3.73. The Morgan fingerprint density at radius 2 is 2.27 bits per heavy atom. The van der Waals surface area contributed by atoms with Gasteiger partial charge in [-0.3, -0.25) is 4.68 Å². The maximum absolute atomic E-state index is 6.11. The minimum atomic E-state index is -0.120. The molecule has 6 nitrogen and oxygen atoms in total. The largest absolute Gasteiger partial charge is 0.486 e. The number of hydrogen-bond donors (Lipinski definition) is 1. The molecule has 2 atom stereocenters. The number of nitrogens with two attached hydrogens (primary N) is 1. The Morgan fingerprint density at radius 3 is 2.95 bits per heavy atom. The molecule has 6 heteroatoms. The summed E-state index contributed by atoms with van der Waals surface area (Å²) in [6.07, 6.45) is 4.29. The van der Waals surface area contributed by atoms with Gasteiger partial charge in [0.25, 0.3) is 0 Å². The average molecular weight is 300 g/mol. The SMILES string of the molecule is CC(Oc1ccccc1-c1cnn(C)c1)C1CC(CN)=NO1. The van der Waals surface area contributed by atoms with Gasteiger partial charge < -0.3 is 15.3 Å². The molecule has 0 spiro atoms. The van der Waals surface area contributed by atoms with Crippen molar-refractivity contribution in [3.63, 3.8) is 0 Å². The van der Waals surface area contributed by atoms with E-state index in [1.807, 2.05) is 50.6 Å². The highest BCUT2D eigenvalue weighted by molar-refractivity contribution is 5.87. The Balaban J connectivity index is 1.76. The quantitative estimate of drug-likeness (QED) is 0.916. The van der Waals surface area contributed by atoms with Crippen molar-refractivity contribution in [3.8, 4) is 16.9 Å². The van der Waals surface area contributed by atoms with Crippen molar-refractivity contribution in [2.75, 3.05) is 6.54 Å². The first kappa shape index (κ1) is 14.6. The predicted octanol–water partition coefficient (Wildman–Crippen LogP) is 1.96. The van der Waals surface area contributed by atoms with Gasteiger partial charge in [-0.15, -0.1) is 0 Å². The van der Waals surface area contributed by atoms with Crippen molar-refractivity contribution in [2.45, 2.75) is 25.6 Å². The minimum absolute atomic E-state index is 0.0968. The predicted molar refractivity (Wildman–Crippen MR) is 84.7 cm³/mol. The van der Waals surface area contributed by atoms with Crippen molar-refractivity contribution in [1.29, 1.82) is 0 Å². The van der Waals surface area contributed by atoms with Crippen LogP contribution in [-0.2, 0) is 11.9 Å². The number of para-hydroxylation sites is 1. The molecule has 1 aliphatic rings. The van der Waals surface area contributed by atoms with Crippen LogP contribution in [0.2, 0.25) is 0 Å². The van der Waals surface area contributed by atoms with E-state index in [9.17, 15) is 0 Å². The third-order valence-electron chi connectivity index (χ3n) is 3.73. The lowest BCUT2D eigenvalue weighted by Gasteiger charge is -2.20. The van der Waals surface area contributed by atoms with E-state index in [0.717, 1.165) is 22.6 Å². The molecule has 116 valence electrons. The van der Waals surface area contributed by atoms with Crippen LogP contribution in [0.4, 0.5) is 0 Å². The number of hydrogen-bond acceptors (Lipinski definition) is 5. The monoisotopic (exact) mass is 300 g/mol. The highest BCUT2D eigenvalue weighted by atomic mass is 16.7. The maximum Gasteiger partial charge on any atom is 0.169 e. The molecule has 0 aliphatic carbocycles. The summed E-state index contributed by atoms with van der Waals surface area (Å²) in [6, 6.07) is 7.93. The Bertz CT molecular complexity index is 680.